The molecule has 1 aliphatic heterocycles. The van der Waals surface area contributed by atoms with E-state index in [2.05, 4.69) is 16.8 Å². The minimum Gasteiger partial charge on any atom is -0.348 e. The number of nitrogens with zero attached hydrogens (tertiary/aromatic N) is 2. The van der Waals surface area contributed by atoms with Crippen molar-refractivity contribution in [2.24, 2.45) is 5.92 Å². The number of aromatic nitrogens is 1. The maximum Gasteiger partial charge on any atom is 0.186 e. The lowest BCUT2D eigenvalue weighted by molar-refractivity contribution is 0.102. The third kappa shape index (κ3) is 2.68. The highest BCUT2D eigenvalue weighted by Crippen LogP contribution is 2.30. The standard InChI is InChI=1S/C13H20N2OS/c1-4-11-6-5-7-15(8-11)13-14-9(2)12(17-13)10(3)16/h11H,4-8H2,1-3H3. The smallest absolute Gasteiger partial charge is 0.186 e. The van der Waals surface area contributed by atoms with E-state index in [1.807, 2.05) is 6.92 Å². The number of piperidine rings is 1. The Hall–Kier alpha value is -0.900. The Morgan fingerprint density at radius 3 is 2.94 bits per heavy atom. The molecular formula is C13H20N2OS. The van der Waals surface area contributed by atoms with Crippen LogP contribution >= 0.6 is 11.3 Å². The van der Waals surface area contributed by atoms with Gasteiger partial charge in [-0.25, -0.2) is 4.98 Å². The van der Waals surface area contributed by atoms with Crippen LogP contribution in [0.2, 0.25) is 0 Å². The summed E-state index contributed by atoms with van der Waals surface area (Å²) in [4.78, 5) is 19.1. The third-order valence-electron chi connectivity index (χ3n) is 3.47. The normalized spacial score (nSPS) is 20.6. The van der Waals surface area contributed by atoms with Crippen molar-refractivity contribution in [2.45, 2.75) is 40.0 Å². The van der Waals surface area contributed by atoms with Crippen LogP contribution in [0.5, 0.6) is 0 Å². The van der Waals surface area contributed by atoms with E-state index < -0.39 is 0 Å². The first-order valence-electron chi connectivity index (χ1n) is 6.35. The zero-order chi connectivity index (χ0) is 12.4. The van der Waals surface area contributed by atoms with Gasteiger partial charge in [-0.15, -0.1) is 0 Å². The predicted molar refractivity (Wildman–Crippen MR) is 72.1 cm³/mol. The van der Waals surface area contributed by atoms with Gasteiger partial charge in [-0.05, 0) is 25.7 Å². The first-order valence-corrected chi connectivity index (χ1v) is 7.16. The number of Topliss-reactive ketones (excluding diaryl/α,β-unsaturated/α-hetero) is 1. The van der Waals surface area contributed by atoms with Gasteiger partial charge in [0, 0.05) is 20.0 Å². The molecule has 94 valence electrons. The van der Waals surface area contributed by atoms with Crippen molar-refractivity contribution in [3.8, 4) is 0 Å². The lowest BCUT2D eigenvalue weighted by atomic mass is 9.96. The van der Waals surface area contributed by atoms with Gasteiger partial charge in [0.05, 0.1) is 10.6 Å². The highest BCUT2D eigenvalue weighted by Gasteiger charge is 2.22. The van der Waals surface area contributed by atoms with Gasteiger partial charge in [-0.2, -0.15) is 0 Å². The van der Waals surface area contributed by atoms with Crippen molar-refractivity contribution in [1.82, 2.24) is 4.98 Å². The van der Waals surface area contributed by atoms with Crippen LogP contribution in [0.3, 0.4) is 0 Å². The topological polar surface area (TPSA) is 33.2 Å². The number of thiazole rings is 1. The molecule has 1 unspecified atom stereocenters. The van der Waals surface area contributed by atoms with Crippen molar-refractivity contribution in [2.75, 3.05) is 18.0 Å². The Kier molecular flexibility index (Phi) is 3.82. The lowest BCUT2D eigenvalue weighted by Crippen LogP contribution is -2.35. The number of anilines is 1. The zero-order valence-corrected chi connectivity index (χ0v) is 11.6. The number of aryl methyl sites for hydroxylation is 1. The molecule has 0 bridgehead atoms. The maximum atomic E-state index is 11.4. The Bertz CT molecular complexity index is 414. The van der Waals surface area contributed by atoms with Crippen molar-refractivity contribution < 1.29 is 4.79 Å². The van der Waals surface area contributed by atoms with E-state index in [1.54, 1.807) is 18.3 Å². The van der Waals surface area contributed by atoms with Crippen LogP contribution < -0.4 is 4.90 Å². The van der Waals surface area contributed by atoms with Gasteiger partial charge >= 0.3 is 0 Å². The zero-order valence-electron chi connectivity index (χ0n) is 10.8. The second kappa shape index (κ2) is 5.17. The van der Waals surface area contributed by atoms with Crippen molar-refractivity contribution in [3.05, 3.63) is 10.6 Å². The highest BCUT2D eigenvalue weighted by molar-refractivity contribution is 7.17. The van der Waals surface area contributed by atoms with Crippen LogP contribution in [-0.2, 0) is 0 Å². The van der Waals surface area contributed by atoms with E-state index in [-0.39, 0.29) is 5.78 Å². The summed E-state index contributed by atoms with van der Waals surface area (Å²) in [5.41, 5.74) is 0.885. The first-order chi connectivity index (χ1) is 8.11. The molecule has 1 fully saturated rings. The number of hydrogen-bond acceptors (Lipinski definition) is 4. The molecule has 0 amide bonds. The fourth-order valence-corrected chi connectivity index (χ4v) is 3.41. The molecule has 1 aromatic heterocycles. The summed E-state index contributed by atoms with van der Waals surface area (Å²) in [5.74, 6) is 0.920. The lowest BCUT2D eigenvalue weighted by Gasteiger charge is -2.31. The summed E-state index contributed by atoms with van der Waals surface area (Å²) in [7, 11) is 0. The van der Waals surface area contributed by atoms with Gasteiger partial charge < -0.3 is 4.90 Å². The Morgan fingerprint density at radius 1 is 1.59 bits per heavy atom. The van der Waals surface area contributed by atoms with E-state index in [1.165, 1.54) is 19.3 Å². The van der Waals surface area contributed by atoms with Crippen LogP contribution in [0.4, 0.5) is 5.13 Å². The van der Waals surface area contributed by atoms with Gasteiger partial charge in [0.2, 0.25) is 0 Å². The molecule has 3 nitrogen and oxygen atoms in total. The van der Waals surface area contributed by atoms with Crippen LogP contribution in [0, 0.1) is 12.8 Å². The fraction of sp³-hybridized carbons (Fsp3) is 0.692. The second-order valence-electron chi connectivity index (χ2n) is 4.83. The Balaban J connectivity index is 2.16. The number of rotatable bonds is 3. The number of hydrogen-bond donors (Lipinski definition) is 0. The van der Waals surface area contributed by atoms with Crippen molar-refractivity contribution in [3.63, 3.8) is 0 Å². The molecule has 0 radical (unpaired) electrons. The summed E-state index contributed by atoms with van der Waals surface area (Å²) in [6.07, 6.45) is 3.81. The third-order valence-corrected chi connectivity index (χ3v) is 4.79. The van der Waals surface area contributed by atoms with E-state index in [4.69, 9.17) is 0 Å². The van der Waals surface area contributed by atoms with Gasteiger partial charge in [0.25, 0.3) is 0 Å². The first kappa shape index (κ1) is 12.6. The fourth-order valence-electron chi connectivity index (χ4n) is 2.42. The van der Waals surface area contributed by atoms with Gasteiger partial charge in [-0.3, -0.25) is 4.79 Å². The molecule has 1 atom stereocenters. The number of carbonyl (C=O) groups excluding carboxylic acids is 1. The van der Waals surface area contributed by atoms with E-state index >= 15 is 0 Å². The molecule has 2 rings (SSSR count). The molecule has 0 aromatic carbocycles. The Labute approximate surface area is 107 Å². The van der Waals surface area contributed by atoms with Gasteiger partial charge in [-0.1, -0.05) is 24.7 Å². The molecular weight excluding hydrogens is 232 g/mol. The summed E-state index contributed by atoms with van der Waals surface area (Å²) in [6.45, 7) is 7.98. The predicted octanol–water partition coefficient (Wildman–Crippen LogP) is 3.28. The molecule has 1 aliphatic rings. The van der Waals surface area contributed by atoms with Crippen LogP contribution in [0.1, 0.15) is 48.5 Å². The van der Waals surface area contributed by atoms with Crippen LogP contribution in [0.15, 0.2) is 0 Å². The highest BCUT2D eigenvalue weighted by atomic mass is 32.1. The minimum absolute atomic E-state index is 0.135. The van der Waals surface area contributed by atoms with E-state index in [0.29, 0.717) is 0 Å². The molecule has 2 heterocycles. The average molecular weight is 252 g/mol. The molecule has 1 saturated heterocycles. The number of ketones is 1. The summed E-state index contributed by atoms with van der Waals surface area (Å²) < 4.78 is 0. The molecule has 0 aliphatic carbocycles. The largest absolute Gasteiger partial charge is 0.348 e. The molecule has 4 heteroatoms. The average Bonchev–Trinajstić information content (AvgIpc) is 2.71. The van der Waals surface area contributed by atoms with E-state index in [9.17, 15) is 4.79 Å². The summed E-state index contributed by atoms with van der Waals surface area (Å²) in [5, 5.41) is 1.03. The minimum atomic E-state index is 0.135. The Morgan fingerprint density at radius 2 is 2.35 bits per heavy atom. The van der Waals surface area contributed by atoms with Crippen LogP contribution in [0.25, 0.3) is 0 Å². The molecule has 0 N–H and O–H groups in total. The number of carbonyl (C=O) groups is 1. The quantitative estimate of drug-likeness (QED) is 0.774. The van der Waals surface area contributed by atoms with Crippen molar-refractivity contribution in [1.29, 1.82) is 0 Å². The van der Waals surface area contributed by atoms with Gasteiger partial charge in [0.15, 0.2) is 10.9 Å². The molecule has 0 saturated carbocycles. The SMILES string of the molecule is CCC1CCCN(c2nc(C)c(C(C)=O)s2)C1. The van der Waals surface area contributed by atoms with Gasteiger partial charge in [0.1, 0.15) is 0 Å². The monoisotopic (exact) mass is 252 g/mol. The molecule has 0 spiro atoms. The maximum absolute atomic E-state index is 11.4. The molecule has 1 aromatic rings. The second-order valence-corrected chi connectivity index (χ2v) is 5.81. The summed E-state index contributed by atoms with van der Waals surface area (Å²) in [6, 6.07) is 0. The van der Waals surface area contributed by atoms with Crippen LogP contribution in [-0.4, -0.2) is 23.9 Å². The summed E-state index contributed by atoms with van der Waals surface area (Å²) >= 11 is 1.55. The van der Waals surface area contributed by atoms with E-state index in [0.717, 1.165) is 34.7 Å². The van der Waals surface area contributed by atoms with Crippen molar-refractivity contribution >= 4 is 22.3 Å². The molecule has 17 heavy (non-hydrogen) atoms.